The first-order valence-electron chi connectivity index (χ1n) is 9.35. The Balaban J connectivity index is 1.53. The van der Waals surface area contributed by atoms with Crippen LogP contribution in [0.25, 0.3) is 10.2 Å². The Kier molecular flexibility index (Phi) is 5.79. The summed E-state index contributed by atoms with van der Waals surface area (Å²) in [7, 11) is 0. The fourth-order valence-corrected chi connectivity index (χ4v) is 4.12. The van der Waals surface area contributed by atoms with Gasteiger partial charge in [-0.3, -0.25) is 4.79 Å². The monoisotopic (exact) mass is 461 g/mol. The van der Waals surface area contributed by atoms with E-state index in [0.29, 0.717) is 16.5 Å². The van der Waals surface area contributed by atoms with Crippen LogP contribution < -0.4 is 10.1 Å². The molecular formula is C22H15F4N3O2S. The summed E-state index contributed by atoms with van der Waals surface area (Å²) in [6, 6.07) is 11.1. The highest BCUT2D eigenvalue weighted by molar-refractivity contribution is 7.20. The number of nitrogens with zero attached hydrogens (tertiary/aromatic N) is 2. The zero-order chi connectivity index (χ0) is 22.9. The number of nitrogens with one attached hydrogen (secondary N) is 1. The van der Waals surface area contributed by atoms with Crippen molar-refractivity contribution in [3.05, 3.63) is 82.2 Å². The van der Waals surface area contributed by atoms with Gasteiger partial charge in [-0.2, -0.15) is 13.2 Å². The van der Waals surface area contributed by atoms with Gasteiger partial charge in [-0.1, -0.05) is 12.1 Å². The Labute approximate surface area is 183 Å². The van der Waals surface area contributed by atoms with Crippen molar-refractivity contribution in [1.82, 2.24) is 15.3 Å². The molecule has 1 N–H and O–H groups in total. The van der Waals surface area contributed by atoms with E-state index in [1.807, 2.05) is 0 Å². The van der Waals surface area contributed by atoms with Gasteiger partial charge in [0, 0.05) is 29.8 Å². The second-order valence-corrected chi connectivity index (χ2v) is 7.81. The zero-order valence-electron chi connectivity index (χ0n) is 16.5. The minimum Gasteiger partial charge on any atom is -0.439 e. The topological polar surface area (TPSA) is 64.1 Å². The average Bonchev–Trinajstić information content (AvgIpc) is 3.08. The smallest absolute Gasteiger partial charge is 0.433 e. The number of hydrogen-bond donors (Lipinski definition) is 1. The Hall–Kier alpha value is -3.53. The second-order valence-electron chi connectivity index (χ2n) is 6.81. The molecule has 0 atom stereocenters. The number of rotatable bonds is 5. The van der Waals surface area contributed by atoms with Crippen molar-refractivity contribution in [3.63, 3.8) is 0 Å². The van der Waals surface area contributed by atoms with Crippen LogP contribution in [0.3, 0.4) is 0 Å². The first kappa shape index (κ1) is 21.7. The van der Waals surface area contributed by atoms with Gasteiger partial charge in [0.25, 0.3) is 5.91 Å². The standard InChI is InChI=1S/C22H15F4N3O2S/c1-12-16-7-8-17(22(24,25)26)29-21(16)32-18(12)19(30)28-11-13-4-3-9-27-20(13)31-15-6-2-5-14(23)10-15/h2-10H,11H2,1H3,(H,28,30). The molecule has 0 aliphatic heterocycles. The van der Waals surface area contributed by atoms with E-state index in [1.54, 1.807) is 25.1 Å². The Morgan fingerprint density at radius 2 is 1.97 bits per heavy atom. The molecule has 0 fully saturated rings. The molecule has 0 saturated heterocycles. The summed E-state index contributed by atoms with van der Waals surface area (Å²) in [6.45, 7) is 1.71. The second kappa shape index (κ2) is 8.54. The summed E-state index contributed by atoms with van der Waals surface area (Å²) in [5, 5.41) is 3.22. The van der Waals surface area contributed by atoms with Gasteiger partial charge in [-0.05, 0) is 42.8 Å². The van der Waals surface area contributed by atoms with E-state index in [-0.39, 0.29) is 27.9 Å². The number of pyridine rings is 2. The normalized spacial score (nSPS) is 11.5. The van der Waals surface area contributed by atoms with E-state index >= 15 is 0 Å². The van der Waals surface area contributed by atoms with Crippen molar-refractivity contribution in [2.45, 2.75) is 19.6 Å². The summed E-state index contributed by atoms with van der Waals surface area (Å²) in [6.07, 6.45) is -3.06. The lowest BCUT2D eigenvalue weighted by atomic mass is 10.1. The van der Waals surface area contributed by atoms with Crippen LogP contribution in [0.2, 0.25) is 0 Å². The summed E-state index contributed by atoms with van der Waals surface area (Å²) in [5.41, 5.74) is 0.0835. The van der Waals surface area contributed by atoms with Crippen molar-refractivity contribution in [2.24, 2.45) is 0 Å². The number of benzene rings is 1. The number of carbonyl (C=O) groups is 1. The lowest BCUT2D eigenvalue weighted by Crippen LogP contribution is -2.22. The van der Waals surface area contributed by atoms with Crippen LogP contribution in [0.15, 0.2) is 54.7 Å². The highest BCUT2D eigenvalue weighted by Gasteiger charge is 2.33. The molecule has 0 aliphatic rings. The van der Waals surface area contributed by atoms with Crippen molar-refractivity contribution in [2.75, 3.05) is 0 Å². The van der Waals surface area contributed by atoms with Crippen LogP contribution in [0.4, 0.5) is 17.6 Å². The molecule has 0 radical (unpaired) electrons. The summed E-state index contributed by atoms with van der Waals surface area (Å²) in [5.74, 6) is -0.471. The Bertz CT molecular complexity index is 1300. The molecule has 0 unspecified atom stereocenters. The summed E-state index contributed by atoms with van der Waals surface area (Å²) >= 11 is 0.894. The number of aryl methyl sites for hydroxylation is 1. The molecule has 1 aromatic carbocycles. The van der Waals surface area contributed by atoms with Crippen molar-refractivity contribution >= 4 is 27.5 Å². The molecule has 0 aliphatic carbocycles. The highest BCUT2D eigenvalue weighted by Crippen LogP contribution is 2.34. The maximum Gasteiger partial charge on any atom is 0.433 e. The Morgan fingerprint density at radius 3 is 2.72 bits per heavy atom. The van der Waals surface area contributed by atoms with E-state index in [9.17, 15) is 22.4 Å². The predicted octanol–water partition coefficient (Wildman–Crippen LogP) is 5.88. The van der Waals surface area contributed by atoms with E-state index < -0.39 is 23.6 Å². The van der Waals surface area contributed by atoms with E-state index in [4.69, 9.17) is 4.74 Å². The van der Waals surface area contributed by atoms with Gasteiger partial charge in [0.2, 0.25) is 5.88 Å². The zero-order valence-corrected chi connectivity index (χ0v) is 17.4. The molecular weight excluding hydrogens is 446 g/mol. The van der Waals surface area contributed by atoms with Gasteiger partial charge in [0.05, 0.1) is 4.88 Å². The van der Waals surface area contributed by atoms with Crippen LogP contribution in [0.1, 0.15) is 26.5 Å². The number of ether oxygens (including phenoxy) is 1. The molecule has 5 nitrogen and oxygen atoms in total. The number of aromatic nitrogens is 2. The quantitative estimate of drug-likeness (QED) is 0.377. The highest BCUT2D eigenvalue weighted by atomic mass is 32.1. The number of alkyl halides is 3. The van der Waals surface area contributed by atoms with Crippen LogP contribution in [0.5, 0.6) is 11.6 Å². The van der Waals surface area contributed by atoms with E-state index in [0.717, 1.165) is 17.4 Å². The number of fused-ring (bicyclic) bond motifs is 1. The number of halogens is 4. The maximum atomic E-state index is 13.4. The first-order chi connectivity index (χ1) is 15.2. The molecule has 3 heterocycles. The molecule has 164 valence electrons. The lowest BCUT2D eigenvalue weighted by Gasteiger charge is -2.11. The fourth-order valence-electron chi connectivity index (χ4n) is 3.02. The van der Waals surface area contributed by atoms with Gasteiger partial charge < -0.3 is 10.1 Å². The first-order valence-corrected chi connectivity index (χ1v) is 10.2. The third kappa shape index (κ3) is 4.54. The van der Waals surface area contributed by atoms with Crippen molar-refractivity contribution in [1.29, 1.82) is 0 Å². The van der Waals surface area contributed by atoms with Crippen molar-refractivity contribution < 1.29 is 27.1 Å². The van der Waals surface area contributed by atoms with Crippen molar-refractivity contribution in [3.8, 4) is 11.6 Å². The molecule has 10 heteroatoms. The maximum absolute atomic E-state index is 13.4. The van der Waals surface area contributed by atoms with Crippen LogP contribution in [-0.2, 0) is 12.7 Å². The largest absolute Gasteiger partial charge is 0.439 e. The molecule has 1 amide bonds. The molecule has 0 bridgehead atoms. The molecule has 3 aromatic heterocycles. The molecule has 4 rings (SSSR count). The third-order valence-electron chi connectivity index (χ3n) is 4.60. The molecule has 32 heavy (non-hydrogen) atoms. The van der Waals surface area contributed by atoms with Gasteiger partial charge in [0.1, 0.15) is 22.1 Å². The predicted molar refractivity (Wildman–Crippen MR) is 111 cm³/mol. The SMILES string of the molecule is Cc1c(C(=O)NCc2cccnc2Oc2cccc(F)c2)sc2nc(C(F)(F)F)ccc12. The minimum atomic E-state index is -4.56. The van der Waals surface area contributed by atoms with Crippen LogP contribution in [-0.4, -0.2) is 15.9 Å². The summed E-state index contributed by atoms with van der Waals surface area (Å²) in [4.78, 5) is 20.9. The van der Waals surface area contributed by atoms with Gasteiger partial charge in [0.15, 0.2) is 0 Å². The summed E-state index contributed by atoms with van der Waals surface area (Å²) < 4.78 is 57.8. The lowest BCUT2D eigenvalue weighted by molar-refractivity contribution is -0.140. The number of amides is 1. The van der Waals surface area contributed by atoms with Gasteiger partial charge in [-0.25, -0.2) is 14.4 Å². The van der Waals surface area contributed by atoms with Crippen LogP contribution in [0, 0.1) is 12.7 Å². The van der Waals surface area contributed by atoms with Gasteiger partial charge >= 0.3 is 6.18 Å². The Morgan fingerprint density at radius 1 is 1.16 bits per heavy atom. The van der Waals surface area contributed by atoms with Crippen LogP contribution >= 0.6 is 11.3 Å². The number of hydrogen-bond acceptors (Lipinski definition) is 5. The number of carbonyl (C=O) groups excluding carboxylic acids is 1. The van der Waals surface area contributed by atoms with E-state index in [2.05, 4.69) is 15.3 Å². The molecule has 4 aromatic rings. The molecule has 0 saturated carbocycles. The fraction of sp³-hybridized carbons (Fsp3) is 0.136. The molecule has 0 spiro atoms. The average molecular weight is 461 g/mol. The third-order valence-corrected chi connectivity index (χ3v) is 5.80. The van der Waals surface area contributed by atoms with Gasteiger partial charge in [-0.15, -0.1) is 11.3 Å². The minimum absolute atomic E-state index is 0.0479. The van der Waals surface area contributed by atoms with E-state index in [1.165, 1.54) is 30.5 Å². The number of thiophene rings is 1.